The average molecular weight is 276 g/mol. The van der Waals surface area contributed by atoms with E-state index in [0.717, 1.165) is 6.29 Å². The minimum Gasteiger partial charge on any atom is -0.410 e. The van der Waals surface area contributed by atoms with Crippen LogP contribution in [0.5, 0.6) is 5.75 Å². The highest BCUT2D eigenvalue weighted by molar-refractivity contribution is 6.30. The van der Waals surface area contributed by atoms with E-state index in [-0.39, 0.29) is 0 Å². The summed E-state index contributed by atoms with van der Waals surface area (Å²) < 4.78 is 5.05. The number of nitrogens with one attached hydrogen (secondary N) is 1. The number of halogens is 1. The van der Waals surface area contributed by atoms with Crippen LogP contribution in [0.4, 0.5) is 10.5 Å². The van der Waals surface area contributed by atoms with Gasteiger partial charge in [0.15, 0.2) is 0 Å². The van der Waals surface area contributed by atoms with Gasteiger partial charge in [0.1, 0.15) is 12.0 Å². The molecule has 2 aromatic carbocycles. The van der Waals surface area contributed by atoms with Crippen molar-refractivity contribution in [3.05, 3.63) is 59.1 Å². The van der Waals surface area contributed by atoms with E-state index >= 15 is 0 Å². The van der Waals surface area contributed by atoms with Crippen molar-refractivity contribution in [3.8, 4) is 5.75 Å². The fraction of sp³-hybridized carbons (Fsp3) is 0. The molecule has 1 N–H and O–H groups in total. The van der Waals surface area contributed by atoms with Gasteiger partial charge in [-0.25, -0.2) is 4.79 Å². The quantitative estimate of drug-likeness (QED) is 0.868. The molecule has 0 bridgehead atoms. The molecule has 0 fully saturated rings. The molecule has 4 nitrogen and oxygen atoms in total. The lowest BCUT2D eigenvalue weighted by molar-refractivity contribution is 0.112. The Balaban J connectivity index is 1.98. The molecule has 0 aromatic heterocycles. The molecule has 2 aromatic rings. The maximum absolute atomic E-state index is 11.6. The van der Waals surface area contributed by atoms with Crippen LogP contribution in [0.2, 0.25) is 5.02 Å². The lowest BCUT2D eigenvalue weighted by Gasteiger charge is -2.06. The van der Waals surface area contributed by atoms with E-state index in [1.165, 1.54) is 0 Å². The van der Waals surface area contributed by atoms with Crippen LogP contribution in [0.1, 0.15) is 10.4 Å². The van der Waals surface area contributed by atoms with Crippen molar-refractivity contribution in [2.45, 2.75) is 0 Å². The summed E-state index contributed by atoms with van der Waals surface area (Å²) >= 11 is 5.80. The maximum atomic E-state index is 11.6. The van der Waals surface area contributed by atoms with Crippen LogP contribution in [-0.2, 0) is 0 Å². The number of hydrogen-bond donors (Lipinski definition) is 1. The van der Waals surface area contributed by atoms with Crippen LogP contribution in [0.25, 0.3) is 0 Å². The highest BCUT2D eigenvalue weighted by Gasteiger charge is 2.05. The molecule has 1 amide bonds. The van der Waals surface area contributed by atoms with Crippen molar-refractivity contribution in [2.75, 3.05) is 5.32 Å². The predicted octanol–water partition coefficient (Wildman–Crippen LogP) is 3.76. The fourth-order valence-electron chi connectivity index (χ4n) is 1.43. The van der Waals surface area contributed by atoms with Crippen molar-refractivity contribution in [1.29, 1.82) is 0 Å². The minimum atomic E-state index is -0.624. The number of aldehydes is 1. The Morgan fingerprint density at radius 2 is 1.89 bits per heavy atom. The number of carbonyl (C=O) groups excluding carboxylic acids is 2. The summed E-state index contributed by atoms with van der Waals surface area (Å²) in [6.07, 6.45) is 0.0941. The minimum absolute atomic E-state index is 0.352. The van der Waals surface area contributed by atoms with E-state index in [2.05, 4.69) is 5.32 Å². The van der Waals surface area contributed by atoms with E-state index in [4.69, 9.17) is 16.3 Å². The van der Waals surface area contributed by atoms with Gasteiger partial charge in [0, 0.05) is 16.3 Å². The number of rotatable bonds is 3. The molecule has 0 atom stereocenters. The number of amides is 1. The first-order valence-corrected chi connectivity index (χ1v) is 5.85. The molecule has 0 aliphatic carbocycles. The number of carbonyl (C=O) groups is 2. The van der Waals surface area contributed by atoms with Gasteiger partial charge in [-0.1, -0.05) is 17.7 Å². The molecule has 96 valence electrons. The second-order valence-electron chi connectivity index (χ2n) is 3.71. The van der Waals surface area contributed by atoms with Gasteiger partial charge in [-0.05, 0) is 42.5 Å². The lowest BCUT2D eigenvalue weighted by atomic mass is 10.2. The highest BCUT2D eigenvalue weighted by Crippen LogP contribution is 2.16. The molecule has 0 aliphatic rings. The van der Waals surface area contributed by atoms with Crippen LogP contribution in [0, 0.1) is 0 Å². The average Bonchev–Trinajstić information content (AvgIpc) is 2.39. The molecule has 5 heteroatoms. The molecule has 0 saturated heterocycles. The van der Waals surface area contributed by atoms with Crippen LogP contribution in [0.15, 0.2) is 48.5 Å². The summed E-state index contributed by atoms with van der Waals surface area (Å²) in [4.78, 5) is 22.1. The van der Waals surface area contributed by atoms with Gasteiger partial charge in [0.2, 0.25) is 0 Å². The normalized spacial score (nSPS) is 9.74. The highest BCUT2D eigenvalue weighted by atomic mass is 35.5. The number of benzene rings is 2. The molecule has 0 unspecified atom stereocenters. The molecular weight excluding hydrogens is 266 g/mol. The Kier molecular flexibility index (Phi) is 4.15. The Morgan fingerprint density at radius 1 is 1.16 bits per heavy atom. The molecule has 0 spiro atoms. The number of hydrogen-bond acceptors (Lipinski definition) is 3. The van der Waals surface area contributed by atoms with E-state index in [1.54, 1.807) is 48.5 Å². The Morgan fingerprint density at radius 3 is 2.53 bits per heavy atom. The number of ether oxygens (including phenoxy) is 1. The third kappa shape index (κ3) is 3.82. The predicted molar refractivity (Wildman–Crippen MR) is 72.9 cm³/mol. The molecule has 0 saturated carbocycles. The van der Waals surface area contributed by atoms with Crippen molar-refractivity contribution >= 4 is 29.7 Å². The molecule has 19 heavy (non-hydrogen) atoms. The van der Waals surface area contributed by atoms with E-state index in [0.29, 0.717) is 22.0 Å². The zero-order valence-electron chi connectivity index (χ0n) is 9.80. The van der Waals surface area contributed by atoms with Crippen LogP contribution in [-0.4, -0.2) is 12.4 Å². The lowest BCUT2D eigenvalue weighted by Crippen LogP contribution is -2.16. The van der Waals surface area contributed by atoms with Gasteiger partial charge < -0.3 is 4.74 Å². The first-order valence-electron chi connectivity index (χ1n) is 5.47. The van der Waals surface area contributed by atoms with E-state index < -0.39 is 6.09 Å². The molecular formula is C14H10ClNO3. The second kappa shape index (κ2) is 6.02. The molecule has 0 heterocycles. The third-order valence-corrected chi connectivity index (χ3v) is 2.53. The van der Waals surface area contributed by atoms with E-state index in [1.807, 2.05) is 0 Å². The van der Waals surface area contributed by atoms with Gasteiger partial charge in [0.25, 0.3) is 0 Å². The topological polar surface area (TPSA) is 55.4 Å². The SMILES string of the molecule is O=Cc1ccc(OC(=O)Nc2cccc(Cl)c2)cc1. The standard InChI is InChI=1S/C14H10ClNO3/c15-11-2-1-3-12(8-11)16-14(18)19-13-6-4-10(9-17)5-7-13/h1-9H,(H,16,18). The van der Waals surface area contributed by atoms with Crippen molar-refractivity contribution in [2.24, 2.45) is 0 Å². The van der Waals surface area contributed by atoms with Crippen LogP contribution in [0.3, 0.4) is 0 Å². The van der Waals surface area contributed by atoms with Gasteiger partial charge in [-0.2, -0.15) is 0 Å². The maximum Gasteiger partial charge on any atom is 0.417 e. The Labute approximate surface area is 115 Å². The van der Waals surface area contributed by atoms with Gasteiger partial charge in [-0.3, -0.25) is 10.1 Å². The zero-order chi connectivity index (χ0) is 13.7. The van der Waals surface area contributed by atoms with E-state index in [9.17, 15) is 9.59 Å². The summed E-state index contributed by atoms with van der Waals surface area (Å²) in [5.74, 6) is 0.352. The first kappa shape index (κ1) is 13.1. The molecule has 0 radical (unpaired) electrons. The monoisotopic (exact) mass is 275 g/mol. The van der Waals surface area contributed by atoms with Gasteiger partial charge >= 0.3 is 6.09 Å². The van der Waals surface area contributed by atoms with Crippen LogP contribution < -0.4 is 10.1 Å². The molecule has 2 rings (SSSR count). The van der Waals surface area contributed by atoms with Crippen molar-refractivity contribution in [3.63, 3.8) is 0 Å². The van der Waals surface area contributed by atoms with Crippen molar-refractivity contribution < 1.29 is 14.3 Å². The van der Waals surface area contributed by atoms with Crippen LogP contribution >= 0.6 is 11.6 Å². The van der Waals surface area contributed by atoms with Gasteiger partial charge in [0.05, 0.1) is 0 Å². The second-order valence-corrected chi connectivity index (χ2v) is 4.15. The fourth-order valence-corrected chi connectivity index (χ4v) is 1.62. The Bertz CT molecular complexity index is 596. The summed E-state index contributed by atoms with van der Waals surface area (Å²) in [5, 5.41) is 3.07. The number of anilines is 1. The summed E-state index contributed by atoms with van der Waals surface area (Å²) in [5.41, 5.74) is 1.06. The third-order valence-electron chi connectivity index (χ3n) is 2.30. The molecule has 0 aliphatic heterocycles. The Hall–Kier alpha value is -2.33. The zero-order valence-corrected chi connectivity index (χ0v) is 10.6. The smallest absolute Gasteiger partial charge is 0.410 e. The summed E-state index contributed by atoms with van der Waals surface area (Å²) in [6.45, 7) is 0. The largest absolute Gasteiger partial charge is 0.417 e. The summed E-state index contributed by atoms with van der Waals surface area (Å²) in [7, 11) is 0. The summed E-state index contributed by atoms with van der Waals surface area (Å²) in [6, 6.07) is 12.9. The van der Waals surface area contributed by atoms with Crippen molar-refractivity contribution in [1.82, 2.24) is 0 Å². The first-order chi connectivity index (χ1) is 9.17. The van der Waals surface area contributed by atoms with Gasteiger partial charge in [-0.15, -0.1) is 0 Å².